The zero-order valence-corrected chi connectivity index (χ0v) is 26.4. The molecule has 9 aromatic rings. The van der Waals surface area contributed by atoms with Gasteiger partial charge in [-0.1, -0.05) is 0 Å². The van der Waals surface area contributed by atoms with E-state index in [1.165, 1.54) is 8.52 Å². The fraction of sp³-hybridized carbons (Fsp3) is 0. The third-order valence-electron chi connectivity index (χ3n) is 9.23. The van der Waals surface area contributed by atoms with E-state index >= 15 is 0 Å². The molecule has 47 heavy (non-hydrogen) atoms. The Bertz CT molecular complexity index is 2710. The molecule has 0 saturated carbocycles. The molecule has 0 spiro atoms. The number of non-ortho nitro benzene ring substituents is 2. The Kier molecular flexibility index (Phi) is 6.03. The summed E-state index contributed by atoms with van der Waals surface area (Å²) in [5.74, 6) is 0. The van der Waals surface area contributed by atoms with Gasteiger partial charge in [-0.15, -0.1) is 0 Å². The molecule has 0 bridgehead atoms. The van der Waals surface area contributed by atoms with Gasteiger partial charge in [0.15, 0.2) is 0 Å². The van der Waals surface area contributed by atoms with Gasteiger partial charge in [0.2, 0.25) is 0 Å². The first kappa shape index (κ1) is 27.4. The third kappa shape index (κ3) is 3.97. The first-order valence-corrected chi connectivity index (χ1v) is 16.8. The van der Waals surface area contributed by atoms with E-state index in [0.29, 0.717) is 21.5 Å². The Morgan fingerprint density at radius 2 is 0.872 bits per heavy atom. The maximum absolute atomic E-state index is 12.4. The summed E-state index contributed by atoms with van der Waals surface area (Å²) in [4.78, 5) is 24.1. The van der Waals surface area contributed by atoms with Crippen molar-refractivity contribution >= 4 is 88.3 Å². The van der Waals surface area contributed by atoms with Crippen molar-refractivity contribution in [3.8, 4) is 22.3 Å². The van der Waals surface area contributed by atoms with Gasteiger partial charge in [-0.3, -0.25) is 0 Å². The molecule has 0 aliphatic carbocycles. The number of nitro benzene ring substituents is 2. The first-order chi connectivity index (χ1) is 23.0. The summed E-state index contributed by atoms with van der Waals surface area (Å²) in [7, 11) is 0. The standard InChI is InChI=1S/C40H22N2O4Se/c43-41(44)39-28-14-5-1-10-24(28)36(25-11-2-6-15-29(25)39)23-20-21-32-35(22-23)47-34-19-9-18-33(38(32)34)37-26-12-3-7-16-30(26)40(42(45)46)31-17-8-4-13-27(31)37/h1-22H. The van der Waals surface area contributed by atoms with Gasteiger partial charge in [-0.2, -0.15) is 0 Å². The molecule has 0 amide bonds. The molecule has 0 aliphatic heterocycles. The van der Waals surface area contributed by atoms with Crippen molar-refractivity contribution in [3.63, 3.8) is 0 Å². The molecule has 0 unspecified atom stereocenters. The molecule has 8 aromatic carbocycles. The van der Waals surface area contributed by atoms with E-state index in [9.17, 15) is 20.2 Å². The third-order valence-corrected chi connectivity index (χ3v) is 11.6. The van der Waals surface area contributed by atoms with Gasteiger partial charge in [0, 0.05) is 0 Å². The Balaban J connectivity index is 1.36. The van der Waals surface area contributed by atoms with Crippen LogP contribution in [0.3, 0.4) is 0 Å². The summed E-state index contributed by atoms with van der Waals surface area (Å²) < 4.78 is 2.49. The molecule has 0 fully saturated rings. The molecule has 1 heterocycles. The van der Waals surface area contributed by atoms with Crippen molar-refractivity contribution < 1.29 is 9.85 Å². The van der Waals surface area contributed by atoms with Crippen LogP contribution in [0.4, 0.5) is 11.4 Å². The van der Waals surface area contributed by atoms with E-state index in [1.807, 2.05) is 97.1 Å². The summed E-state index contributed by atoms with van der Waals surface area (Å²) in [5, 5.41) is 32.9. The van der Waals surface area contributed by atoms with Crippen LogP contribution in [0, 0.1) is 20.2 Å². The average Bonchev–Trinajstić information content (AvgIpc) is 3.47. The van der Waals surface area contributed by atoms with Crippen LogP contribution in [-0.2, 0) is 0 Å². The molecule has 0 atom stereocenters. The topological polar surface area (TPSA) is 86.3 Å². The van der Waals surface area contributed by atoms with E-state index in [4.69, 9.17) is 0 Å². The number of hydrogen-bond acceptors (Lipinski definition) is 4. The molecule has 6 nitrogen and oxygen atoms in total. The minimum absolute atomic E-state index is 0.00938. The van der Waals surface area contributed by atoms with Crippen LogP contribution in [0.5, 0.6) is 0 Å². The molecule has 1 aromatic heterocycles. The van der Waals surface area contributed by atoms with Gasteiger partial charge >= 0.3 is 274 Å². The average molecular weight is 674 g/mol. The van der Waals surface area contributed by atoms with Gasteiger partial charge in [0.25, 0.3) is 0 Å². The molecule has 0 saturated heterocycles. The summed E-state index contributed by atoms with van der Waals surface area (Å²) >= 11 is 0.00938. The van der Waals surface area contributed by atoms with Crippen LogP contribution in [0.25, 0.3) is 84.6 Å². The van der Waals surface area contributed by atoms with Crippen LogP contribution < -0.4 is 0 Å². The van der Waals surface area contributed by atoms with Crippen molar-refractivity contribution in [2.45, 2.75) is 0 Å². The SMILES string of the molecule is O=[N+]([O-])c1c2ccccc2c(-c2ccc3c(c2)[se]c2cccc(-c4c5ccccc5c([N+](=O)[O-])c5ccccc45)c23)c2ccccc12. The van der Waals surface area contributed by atoms with Crippen LogP contribution >= 0.6 is 0 Å². The zero-order chi connectivity index (χ0) is 31.8. The van der Waals surface area contributed by atoms with E-state index in [1.54, 1.807) is 0 Å². The van der Waals surface area contributed by atoms with Crippen LogP contribution in [0.1, 0.15) is 0 Å². The van der Waals surface area contributed by atoms with Gasteiger partial charge in [0.05, 0.1) is 0 Å². The number of rotatable bonds is 4. The summed E-state index contributed by atoms with van der Waals surface area (Å²) in [6, 6.07) is 43.4. The molecule has 7 heteroatoms. The first-order valence-electron chi connectivity index (χ1n) is 15.1. The van der Waals surface area contributed by atoms with Crippen molar-refractivity contribution in [3.05, 3.63) is 154 Å². The Labute approximate surface area is 273 Å². The molecular weight excluding hydrogens is 651 g/mol. The molecule has 0 radical (unpaired) electrons. The molecule has 0 aliphatic rings. The van der Waals surface area contributed by atoms with Crippen LogP contribution in [-0.4, -0.2) is 24.4 Å². The van der Waals surface area contributed by atoms with Crippen molar-refractivity contribution in [2.24, 2.45) is 0 Å². The van der Waals surface area contributed by atoms with Gasteiger partial charge in [0.1, 0.15) is 0 Å². The van der Waals surface area contributed by atoms with Crippen molar-refractivity contribution in [1.82, 2.24) is 0 Å². The van der Waals surface area contributed by atoms with E-state index in [0.717, 1.165) is 54.6 Å². The fourth-order valence-electron chi connectivity index (χ4n) is 7.39. The van der Waals surface area contributed by atoms with Crippen molar-refractivity contribution in [2.75, 3.05) is 0 Å². The second-order valence-corrected chi connectivity index (χ2v) is 13.9. The Morgan fingerprint density at radius 1 is 0.426 bits per heavy atom. The van der Waals surface area contributed by atoms with E-state index < -0.39 is 0 Å². The normalized spacial score (nSPS) is 11.7. The summed E-state index contributed by atoms with van der Waals surface area (Å²) in [5.41, 5.74) is 4.33. The van der Waals surface area contributed by atoms with Crippen LogP contribution in [0.15, 0.2) is 133 Å². The van der Waals surface area contributed by atoms with Crippen LogP contribution in [0.2, 0.25) is 0 Å². The predicted molar refractivity (Wildman–Crippen MR) is 193 cm³/mol. The minimum atomic E-state index is -0.274. The van der Waals surface area contributed by atoms with Gasteiger partial charge in [-0.05, 0) is 0 Å². The van der Waals surface area contributed by atoms with Crippen molar-refractivity contribution in [1.29, 1.82) is 0 Å². The molecular formula is C40H22N2O4Se. The quantitative estimate of drug-likeness (QED) is 0.0805. The molecule has 0 N–H and O–H groups in total. The monoisotopic (exact) mass is 674 g/mol. The number of hydrogen-bond donors (Lipinski definition) is 0. The number of benzene rings is 8. The second kappa shape index (κ2) is 10.3. The molecule has 9 rings (SSSR count). The Morgan fingerprint density at radius 3 is 1.34 bits per heavy atom. The Hall–Kier alpha value is -5.88. The number of nitrogens with zero attached hydrogens (tertiary/aromatic N) is 2. The fourth-order valence-corrected chi connectivity index (χ4v) is 9.85. The summed E-state index contributed by atoms with van der Waals surface area (Å²) in [6.45, 7) is 0. The predicted octanol–water partition coefficient (Wildman–Crippen LogP) is 10.8. The molecule has 222 valence electrons. The number of fused-ring (bicyclic) bond motifs is 7. The second-order valence-electron chi connectivity index (χ2n) is 11.6. The summed E-state index contributed by atoms with van der Waals surface area (Å²) in [6.07, 6.45) is 0. The van der Waals surface area contributed by atoms with E-state index in [-0.39, 0.29) is 35.7 Å². The number of nitro groups is 2. The van der Waals surface area contributed by atoms with Gasteiger partial charge in [-0.25, -0.2) is 0 Å². The maximum atomic E-state index is 12.4. The van der Waals surface area contributed by atoms with Gasteiger partial charge < -0.3 is 0 Å². The van der Waals surface area contributed by atoms with E-state index in [2.05, 4.69) is 36.4 Å². The zero-order valence-electron chi connectivity index (χ0n) is 24.6.